The van der Waals surface area contributed by atoms with Gasteiger partial charge in [0, 0.05) is 80.1 Å². The van der Waals surface area contributed by atoms with Crippen LogP contribution in [0, 0.1) is 5.92 Å². The summed E-state index contributed by atoms with van der Waals surface area (Å²) in [6.45, 7) is 4.99. The summed E-state index contributed by atoms with van der Waals surface area (Å²) in [5, 5.41) is 11.0. The Hall–Kier alpha value is -4.34. The molecule has 236 valence electrons. The van der Waals surface area contributed by atoms with E-state index in [1.165, 1.54) is 0 Å². The lowest BCUT2D eigenvalue weighted by Gasteiger charge is -2.38. The molecule has 3 amide bonds. The van der Waals surface area contributed by atoms with Crippen molar-refractivity contribution in [2.45, 2.75) is 38.8 Å². The van der Waals surface area contributed by atoms with Gasteiger partial charge in [-0.15, -0.1) is 0 Å². The maximum atomic E-state index is 13.4. The first-order valence-electron chi connectivity index (χ1n) is 14.1. The number of H-pyrrole nitrogens is 2. The van der Waals surface area contributed by atoms with Crippen LogP contribution < -0.4 is 10.6 Å². The summed E-state index contributed by atoms with van der Waals surface area (Å²) in [4.78, 5) is 48.8. The number of rotatable bonds is 9. The van der Waals surface area contributed by atoms with E-state index in [4.69, 9.17) is 0 Å². The van der Waals surface area contributed by atoms with Crippen molar-refractivity contribution in [1.29, 1.82) is 0 Å². The molecule has 2 saturated heterocycles. The number of alkyl halides is 5. The molecular formula is C28H31F5N8O3. The molecule has 5 rings (SSSR count). The van der Waals surface area contributed by atoms with Crippen molar-refractivity contribution in [3.05, 3.63) is 64.0 Å². The average molecular weight is 623 g/mol. The van der Waals surface area contributed by atoms with E-state index in [0.29, 0.717) is 62.5 Å². The minimum Gasteiger partial charge on any atom is -0.339 e. The Labute approximate surface area is 248 Å². The summed E-state index contributed by atoms with van der Waals surface area (Å²) < 4.78 is 66.1. The molecule has 0 atom stereocenters. The molecule has 16 heteroatoms. The van der Waals surface area contributed by atoms with Crippen LogP contribution in [0.1, 0.15) is 56.1 Å². The molecule has 1 aromatic carbocycles. The van der Waals surface area contributed by atoms with Gasteiger partial charge in [-0.3, -0.25) is 19.5 Å². The molecule has 11 nitrogen and oxygen atoms in total. The fourth-order valence-electron chi connectivity index (χ4n) is 5.29. The number of amides is 3. The van der Waals surface area contributed by atoms with Crippen molar-refractivity contribution >= 4 is 23.4 Å². The van der Waals surface area contributed by atoms with Gasteiger partial charge in [-0.2, -0.15) is 18.3 Å². The van der Waals surface area contributed by atoms with Gasteiger partial charge in [0.05, 0.1) is 12.3 Å². The zero-order chi connectivity index (χ0) is 31.6. The monoisotopic (exact) mass is 622 g/mol. The molecule has 0 bridgehead atoms. The number of aromatic nitrogens is 4. The fourth-order valence-corrected chi connectivity index (χ4v) is 5.29. The highest BCUT2D eigenvalue weighted by Crippen LogP contribution is 2.33. The quantitative estimate of drug-likeness (QED) is 0.271. The van der Waals surface area contributed by atoms with Gasteiger partial charge in [-0.05, 0) is 30.2 Å². The third-order valence-electron chi connectivity index (χ3n) is 7.77. The largest absolute Gasteiger partial charge is 0.435 e. The Bertz CT molecular complexity index is 1520. The van der Waals surface area contributed by atoms with Gasteiger partial charge >= 0.3 is 6.18 Å². The molecule has 0 saturated carbocycles. The van der Waals surface area contributed by atoms with E-state index in [9.17, 15) is 36.3 Å². The van der Waals surface area contributed by atoms with Gasteiger partial charge in [0.2, 0.25) is 12.3 Å². The van der Waals surface area contributed by atoms with Crippen molar-refractivity contribution in [1.82, 2.24) is 35.3 Å². The van der Waals surface area contributed by atoms with Crippen LogP contribution in [0.4, 0.5) is 27.6 Å². The standard InChI is InChI=1S/C28H31F5N8O3/c1-2-15-9-17(3-4-19(15)27(44)41-7-5-40(6-8-41)26(43)16-12-34-13-16)37-25(42)24-35-14-18(36-24)10-20-21(11-22(29)30)38-39-23(20)28(31,32)33/h3-4,9,14,16,22,34H,2,5-8,10-13H2,1H3,(H,35,36)(H,37,42)(H,38,39). The number of anilines is 1. The number of hydrogen-bond acceptors (Lipinski definition) is 6. The molecule has 44 heavy (non-hydrogen) atoms. The summed E-state index contributed by atoms with van der Waals surface area (Å²) in [5.41, 5.74) is -0.469. The van der Waals surface area contributed by atoms with Gasteiger partial charge in [0.15, 0.2) is 11.5 Å². The lowest BCUT2D eigenvalue weighted by atomic mass is 10.0. The Balaban J connectivity index is 1.23. The minimum absolute atomic E-state index is 0.00366. The summed E-state index contributed by atoms with van der Waals surface area (Å²) in [6, 6.07) is 4.84. The molecule has 0 aliphatic carbocycles. The van der Waals surface area contributed by atoms with Crippen LogP contribution in [0.25, 0.3) is 0 Å². The first-order chi connectivity index (χ1) is 20.9. The predicted molar refractivity (Wildman–Crippen MR) is 147 cm³/mol. The Morgan fingerprint density at radius 3 is 2.41 bits per heavy atom. The second kappa shape index (κ2) is 12.7. The SMILES string of the molecule is CCc1cc(NC(=O)c2ncc(Cc3c(C(F)(F)F)n[nH]c3CC(F)F)[nH]2)ccc1C(=O)N1CCN(C(=O)C2CNC2)CC1. The molecule has 2 aliphatic heterocycles. The summed E-state index contributed by atoms with van der Waals surface area (Å²) in [6.07, 6.45) is -7.49. The molecule has 3 aromatic rings. The molecule has 4 N–H and O–H groups in total. The third kappa shape index (κ3) is 6.74. The lowest BCUT2D eigenvalue weighted by molar-refractivity contribution is -0.141. The van der Waals surface area contributed by atoms with E-state index in [2.05, 4.69) is 25.7 Å². The van der Waals surface area contributed by atoms with Crippen molar-refractivity contribution in [3.8, 4) is 0 Å². The van der Waals surface area contributed by atoms with Gasteiger partial charge < -0.3 is 25.4 Å². The van der Waals surface area contributed by atoms with Gasteiger partial charge in [-0.25, -0.2) is 13.8 Å². The maximum absolute atomic E-state index is 13.4. The van der Waals surface area contributed by atoms with Crippen LogP contribution in [0.5, 0.6) is 0 Å². The molecular weight excluding hydrogens is 591 g/mol. The number of benzene rings is 1. The summed E-state index contributed by atoms with van der Waals surface area (Å²) in [5.74, 6) is -0.940. The van der Waals surface area contributed by atoms with Crippen molar-refractivity contribution in [2.24, 2.45) is 5.92 Å². The molecule has 4 heterocycles. The minimum atomic E-state index is -4.86. The van der Waals surface area contributed by atoms with Gasteiger partial charge in [0.25, 0.3) is 11.8 Å². The Kier molecular flexibility index (Phi) is 8.99. The van der Waals surface area contributed by atoms with Gasteiger partial charge in [0.1, 0.15) is 0 Å². The average Bonchev–Trinajstić information content (AvgIpc) is 3.59. The second-order valence-electron chi connectivity index (χ2n) is 10.7. The van der Waals surface area contributed by atoms with Crippen molar-refractivity contribution in [2.75, 3.05) is 44.6 Å². The molecule has 0 unspecified atom stereocenters. The van der Waals surface area contributed by atoms with Crippen LogP contribution in [0.3, 0.4) is 0 Å². The first kappa shape index (κ1) is 31.1. The molecule has 0 spiro atoms. The van der Waals surface area contributed by atoms with Crippen molar-refractivity contribution < 1.29 is 36.3 Å². The number of aromatic amines is 2. The number of hydrogen-bond donors (Lipinski definition) is 4. The van der Waals surface area contributed by atoms with Crippen LogP contribution in [0.15, 0.2) is 24.4 Å². The number of nitrogens with zero attached hydrogens (tertiary/aromatic N) is 4. The summed E-state index contributed by atoms with van der Waals surface area (Å²) >= 11 is 0. The van der Waals surface area contributed by atoms with Crippen molar-refractivity contribution in [3.63, 3.8) is 0 Å². The van der Waals surface area contributed by atoms with E-state index >= 15 is 0 Å². The molecule has 2 aliphatic rings. The highest BCUT2D eigenvalue weighted by molar-refractivity contribution is 6.02. The predicted octanol–water partition coefficient (Wildman–Crippen LogP) is 2.87. The van der Waals surface area contributed by atoms with Crippen LogP contribution in [-0.2, 0) is 30.2 Å². The number of halogens is 5. The van der Waals surface area contributed by atoms with Crippen LogP contribution in [-0.4, -0.2) is 93.4 Å². The highest BCUT2D eigenvalue weighted by atomic mass is 19.4. The Morgan fingerprint density at radius 2 is 1.80 bits per heavy atom. The van der Waals surface area contributed by atoms with E-state index in [0.717, 1.165) is 6.20 Å². The van der Waals surface area contributed by atoms with E-state index < -0.39 is 42.6 Å². The zero-order valence-electron chi connectivity index (χ0n) is 23.7. The number of aryl methyl sites for hydroxylation is 1. The van der Waals surface area contributed by atoms with Gasteiger partial charge in [-0.1, -0.05) is 6.92 Å². The maximum Gasteiger partial charge on any atom is 0.435 e. The number of imidazole rings is 1. The first-order valence-corrected chi connectivity index (χ1v) is 14.1. The van der Waals surface area contributed by atoms with Crippen LogP contribution in [0.2, 0.25) is 0 Å². The van der Waals surface area contributed by atoms with Crippen LogP contribution >= 0.6 is 0 Å². The lowest BCUT2D eigenvalue weighted by Crippen LogP contribution is -2.57. The highest BCUT2D eigenvalue weighted by Gasteiger charge is 2.38. The summed E-state index contributed by atoms with van der Waals surface area (Å²) in [7, 11) is 0. The van der Waals surface area contributed by atoms with E-state index in [1.54, 1.807) is 28.0 Å². The molecule has 2 aromatic heterocycles. The topological polar surface area (TPSA) is 139 Å². The van der Waals surface area contributed by atoms with E-state index in [1.807, 2.05) is 12.0 Å². The van der Waals surface area contributed by atoms with E-state index in [-0.39, 0.29) is 34.9 Å². The second-order valence-corrected chi connectivity index (χ2v) is 10.7. The Morgan fingerprint density at radius 1 is 1.09 bits per heavy atom. The number of carbonyl (C=O) groups is 3. The zero-order valence-corrected chi connectivity index (χ0v) is 23.7. The number of piperazine rings is 1. The number of nitrogens with one attached hydrogen (secondary N) is 4. The normalized spacial score (nSPS) is 15.9. The smallest absolute Gasteiger partial charge is 0.339 e. The number of carbonyl (C=O) groups excluding carboxylic acids is 3. The third-order valence-corrected chi connectivity index (χ3v) is 7.77. The molecule has 2 fully saturated rings. The molecule has 0 radical (unpaired) electrons. The fraction of sp³-hybridized carbons (Fsp3) is 0.464.